The molecule has 0 saturated carbocycles. The van der Waals surface area contributed by atoms with Crippen molar-refractivity contribution in [2.75, 3.05) is 6.54 Å². The van der Waals surface area contributed by atoms with Crippen molar-refractivity contribution >= 4 is 10.9 Å². The van der Waals surface area contributed by atoms with Gasteiger partial charge >= 0.3 is 0 Å². The van der Waals surface area contributed by atoms with Crippen LogP contribution in [0.15, 0.2) is 48.9 Å². The maximum absolute atomic E-state index is 4.44. The Morgan fingerprint density at radius 1 is 1.15 bits per heavy atom. The zero-order valence-electron chi connectivity index (χ0n) is 11.3. The van der Waals surface area contributed by atoms with Gasteiger partial charge in [0.1, 0.15) is 0 Å². The first-order valence-corrected chi connectivity index (χ1v) is 7.16. The second kappa shape index (κ2) is 4.76. The van der Waals surface area contributed by atoms with Gasteiger partial charge in [-0.2, -0.15) is 0 Å². The summed E-state index contributed by atoms with van der Waals surface area (Å²) < 4.78 is 0. The fourth-order valence-electron chi connectivity index (χ4n) is 3.08. The van der Waals surface area contributed by atoms with Crippen molar-refractivity contribution < 1.29 is 0 Å². The minimum absolute atomic E-state index is 0.465. The molecule has 3 heteroatoms. The summed E-state index contributed by atoms with van der Waals surface area (Å²) in [6, 6.07) is 11.1. The molecular formula is C17H17N3. The molecule has 0 spiro atoms. The molecule has 2 N–H and O–H groups in total. The fourth-order valence-corrected chi connectivity index (χ4v) is 3.08. The quantitative estimate of drug-likeness (QED) is 0.741. The Kier molecular flexibility index (Phi) is 2.78. The first-order chi connectivity index (χ1) is 9.92. The molecule has 4 rings (SSSR count). The summed E-state index contributed by atoms with van der Waals surface area (Å²) in [4.78, 5) is 7.77. The van der Waals surface area contributed by atoms with E-state index in [0.717, 1.165) is 6.54 Å². The second-order valence-corrected chi connectivity index (χ2v) is 5.40. The zero-order chi connectivity index (χ0) is 13.4. The molecule has 0 bridgehead atoms. The van der Waals surface area contributed by atoms with Gasteiger partial charge in [0.2, 0.25) is 0 Å². The predicted molar refractivity (Wildman–Crippen MR) is 81.5 cm³/mol. The summed E-state index contributed by atoms with van der Waals surface area (Å²) in [5, 5.41) is 4.79. The van der Waals surface area contributed by atoms with Crippen LogP contribution in [0.3, 0.4) is 0 Å². The number of nitrogens with zero attached hydrogens (tertiary/aromatic N) is 1. The van der Waals surface area contributed by atoms with E-state index in [-0.39, 0.29) is 0 Å². The molecule has 0 radical (unpaired) electrons. The summed E-state index contributed by atoms with van der Waals surface area (Å²) >= 11 is 0. The maximum atomic E-state index is 4.44. The lowest BCUT2D eigenvalue weighted by Crippen LogP contribution is -2.12. The number of pyridine rings is 1. The highest BCUT2D eigenvalue weighted by Crippen LogP contribution is 2.31. The highest BCUT2D eigenvalue weighted by Gasteiger charge is 2.17. The van der Waals surface area contributed by atoms with Crippen molar-refractivity contribution in [1.82, 2.24) is 15.3 Å². The molecule has 1 fully saturated rings. The van der Waals surface area contributed by atoms with Gasteiger partial charge in [0.05, 0.1) is 0 Å². The van der Waals surface area contributed by atoms with E-state index in [1.165, 1.54) is 40.4 Å². The zero-order valence-corrected chi connectivity index (χ0v) is 11.3. The van der Waals surface area contributed by atoms with E-state index in [0.29, 0.717) is 6.04 Å². The smallest absolute Gasteiger partial charge is 0.0460 e. The molecule has 1 saturated heterocycles. The third-order valence-corrected chi connectivity index (χ3v) is 4.12. The van der Waals surface area contributed by atoms with E-state index in [4.69, 9.17) is 0 Å². The van der Waals surface area contributed by atoms with Crippen LogP contribution in [0.5, 0.6) is 0 Å². The average Bonchev–Trinajstić information content (AvgIpc) is 3.17. The van der Waals surface area contributed by atoms with Crippen molar-refractivity contribution in [3.05, 3.63) is 54.5 Å². The van der Waals surface area contributed by atoms with Gasteiger partial charge in [-0.25, -0.2) is 0 Å². The minimum Gasteiger partial charge on any atom is -0.361 e. The van der Waals surface area contributed by atoms with Crippen LogP contribution < -0.4 is 5.32 Å². The maximum Gasteiger partial charge on any atom is 0.0460 e. The molecule has 100 valence electrons. The van der Waals surface area contributed by atoms with E-state index >= 15 is 0 Å². The molecule has 3 nitrogen and oxygen atoms in total. The first kappa shape index (κ1) is 11.7. The third kappa shape index (κ3) is 1.91. The third-order valence-electron chi connectivity index (χ3n) is 4.12. The molecule has 1 atom stereocenters. The minimum atomic E-state index is 0.465. The van der Waals surface area contributed by atoms with E-state index in [1.807, 2.05) is 12.4 Å². The Morgan fingerprint density at radius 3 is 3.00 bits per heavy atom. The summed E-state index contributed by atoms with van der Waals surface area (Å²) in [6.07, 6.45) is 8.48. The van der Waals surface area contributed by atoms with Crippen molar-refractivity contribution in [2.45, 2.75) is 18.9 Å². The second-order valence-electron chi connectivity index (χ2n) is 5.40. The van der Waals surface area contributed by atoms with Crippen LogP contribution in [-0.4, -0.2) is 16.5 Å². The molecule has 0 unspecified atom stereocenters. The Morgan fingerprint density at radius 2 is 2.10 bits per heavy atom. The molecule has 1 aromatic carbocycles. The molecule has 3 aromatic rings. The first-order valence-electron chi connectivity index (χ1n) is 7.16. The van der Waals surface area contributed by atoms with Gasteiger partial charge in [0, 0.05) is 46.7 Å². The summed E-state index contributed by atoms with van der Waals surface area (Å²) in [7, 11) is 0. The standard InChI is InChI=1S/C17H17N3/c1-2-5-17-14(4-1)15(11-20-17)12-8-13(10-18-9-12)16-6-3-7-19-16/h1-2,4-5,8-11,16,19-20H,3,6-7H2/t16-/m0/s1. The SMILES string of the molecule is c1ccc2c(-c3cncc([C@@H]4CCCN4)c3)c[nH]c2c1. The average molecular weight is 263 g/mol. The summed E-state index contributed by atoms with van der Waals surface area (Å²) in [5.41, 5.74) is 4.89. The monoisotopic (exact) mass is 263 g/mol. The highest BCUT2D eigenvalue weighted by molar-refractivity contribution is 5.95. The lowest BCUT2D eigenvalue weighted by molar-refractivity contribution is 0.645. The summed E-state index contributed by atoms with van der Waals surface area (Å²) in [6.45, 7) is 1.11. The van der Waals surface area contributed by atoms with Crippen LogP contribution in [0.25, 0.3) is 22.0 Å². The highest BCUT2D eigenvalue weighted by atomic mass is 14.9. The topological polar surface area (TPSA) is 40.7 Å². The van der Waals surface area contributed by atoms with Gasteiger partial charge in [-0.3, -0.25) is 4.98 Å². The van der Waals surface area contributed by atoms with E-state index in [9.17, 15) is 0 Å². The number of rotatable bonds is 2. The van der Waals surface area contributed by atoms with Crippen LogP contribution in [0, 0.1) is 0 Å². The number of benzene rings is 1. The van der Waals surface area contributed by atoms with Crippen LogP contribution in [0.2, 0.25) is 0 Å². The number of nitrogens with one attached hydrogen (secondary N) is 2. The van der Waals surface area contributed by atoms with E-state index in [2.05, 4.69) is 51.8 Å². The Bertz CT molecular complexity index is 739. The van der Waals surface area contributed by atoms with Crippen LogP contribution >= 0.6 is 0 Å². The van der Waals surface area contributed by atoms with E-state index < -0.39 is 0 Å². The normalized spacial score (nSPS) is 18.7. The van der Waals surface area contributed by atoms with E-state index in [1.54, 1.807) is 0 Å². The van der Waals surface area contributed by atoms with Crippen LogP contribution in [0.4, 0.5) is 0 Å². The van der Waals surface area contributed by atoms with Gasteiger partial charge in [-0.15, -0.1) is 0 Å². The van der Waals surface area contributed by atoms with Crippen LogP contribution in [-0.2, 0) is 0 Å². The molecule has 0 amide bonds. The number of hydrogen-bond donors (Lipinski definition) is 2. The Balaban J connectivity index is 1.80. The Labute approximate surface area is 118 Å². The van der Waals surface area contributed by atoms with Crippen molar-refractivity contribution in [2.24, 2.45) is 0 Å². The summed E-state index contributed by atoms with van der Waals surface area (Å²) in [5.74, 6) is 0. The Hall–Kier alpha value is -2.13. The molecule has 3 heterocycles. The van der Waals surface area contributed by atoms with Gasteiger partial charge in [0.15, 0.2) is 0 Å². The number of para-hydroxylation sites is 1. The largest absolute Gasteiger partial charge is 0.361 e. The number of H-pyrrole nitrogens is 1. The van der Waals surface area contributed by atoms with Crippen molar-refractivity contribution in [3.8, 4) is 11.1 Å². The van der Waals surface area contributed by atoms with Crippen molar-refractivity contribution in [3.63, 3.8) is 0 Å². The number of hydrogen-bond acceptors (Lipinski definition) is 2. The lowest BCUT2D eigenvalue weighted by Gasteiger charge is -2.11. The number of fused-ring (bicyclic) bond motifs is 1. The van der Waals surface area contributed by atoms with Gasteiger partial charge in [0.25, 0.3) is 0 Å². The molecule has 1 aliphatic rings. The lowest BCUT2D eigenvalue weighted by atomic mass is 10.0. The van der Waals surface area contributed by atoms with Gasteiger partial charge in [-0.1, -0.05) is 18.2 Å². The number of aromatic nitrogens is 2. The number of aromatic amines is 1. The van der Waals surface area contributed by atoms with Gasteiger partial charge in [-0.05, 0) is 37.1 Å². The molecule has 2 aromatic heterocycles. The molecule has 20 heavy (non-hydrogen) atoms. The van der Waals surface area contributed by atoms with Gasteiger partial charge < -0.3 is 10.3 Å². The fraction of sp³-hybridized carbons (Fsp3) is 0.235. The molecular weight excluding hydrogens is 246 g/mol. The van der Waals surface area contributed by atoms with Crippen LogP contribution in [0.1, 0.15) is 24.4 Å². The molecule has 1 aliphatic heterocycles. The van der Waals surface area contributed by atoms with Crippen molar-refractivity contribution in [1.29, 1.82) is 0 Å². The predicted octanol–water partition coefficient (Wildman–Crippen LogP) is 3.65. The molecule has 0 aliphatic carbocycles.